The Bertz CT molecular complexity index is 659. The molecule has 0 N–H and O–H groups in total. The zero-order valence-electron chi connectivity index (χ0n) is 13.7. The number of nitrogens with zero attached hydrogens (tertiary/aromatic N) is 3. The van der Waals surface area contributed by atoms with Gasteiger partial charge in [-0.05, 0) is 42.5 Å². The number of anilines is 3. The van der Waals surface area contributed by atoms with Crippen LogP contribution < -0.4 is 14.7 Å². The first-order chi connectivity index (χ1) is 11.2. The zero-order chi connectivity index (χ0) is 16.2. The molecular formula is C19H22N3O. The van der Waals surface area contributed by atoms with E-state index in [4.69, 9.17) is 0 Å². The molecule has 0 spiro atoms. The van der Waals surface area contributed by atoms with Gasteiger partial charge >= 0.3 is 0 Å². The van der Waals surface area contributed by atoms with Crippen LogP contribution in [0.3, 0.4) is 0 Å². The van der Waals surface area contributed by atoms with Crippen LogP contribution in [0.15, 0.2) is 48.5 Å². The maximum absolute atomic E-state index is 10.6. The number of piperazine rings is 1. The molecule has 0 aliphatic carbocycles. The first kappa shape index (κ1) is 15.4. The van der Waals surface area contributed by atoms with Crippen molar-refractivity contribution >= 4 is 23.3 Å². The Morgan fingerprint density at radius 1 is 0.870 bits per heavy atom. The van der Waals surface area contributed by atoms with Crippen LogP contribution in [0.4, 0.5) is 17.1 Å². The second-order valence-electron chi connectivity index (χ2n) is 6.04. The van der Waals surface area contributed by atoms with Gasteiger partial charge in [0.2, 0.25) is 6.29 Å². The molecule has 1 aliphatic rings. The summed E-state index contributed by atoms with van der Waals surface area (Å²) in [6.45, 7) is 3.96. The van der Waals surface area contributed by atoms with E-state index in [9.17, 15) is 4.79 Å². The third kappa shape index (κ3) is 3.47. The molecule has 4 heteroatoms. The molecule has 1 aliphatic heterocycles. The van der Waals surface area contributed by atoms with Crippen molar-refractivity contribution in [3.8, 4) is 0 Å². The molecule has 0 atom stereocenters. The van der Waals surface area contributed by atoms with Crippen molar-refractivity contribution in [3.05, 3.63) is 54.1 Å². The average Bonchev–Trinajstić information content (AvgIpc) is 2.62. The van der Waals surface area contributed by atoms with Crippen molar-refractivity contribution in [3.63, 3.8) is 0 Å². The van der Waals surface area contributed by atoms with Crippen LogP contribution in [0.25, 0.3) is 0 Å². The van der Waals surface area contributed by atoms with Gasteiger partial charge in [0.05, 0.1) is 0 Å². The Hall–Kier alpha value is -2.49. The summed E-state index contributed by atoms with van der Waals surface area (Å²) in [5.41, 5.74) is 4.28. The number of rotatable bonds is 4. The maximum atomic E-state index is 10.6. The van der Waals surface area contributed by atoms with Gasteiger partial charge in [0.1, 0.15) is 0 Å². The molecule has 1 radical (unpaired) electrons. The standard InChI is InChI=1S/C19H22N3O/c1-20(2)18-4-3-5-19(14-18)22-12-10-21(11-13-22)17-8-6-16(15-23)7-9-17/h3-9,14H,10-13H2,1-2H3. The molecule has 0 amide bonds. The summed E-state index contributed by atoms with van der Waals surface area (Å²) in [4.78, 5) is 17.5. The second kappa shape index (κ2) is 6.73. The van der Waals surface area contributed by atoms with E-state index < -0.39 is 0 Å². The number of benzene rings is 2. The van der Waals surface area contributed by atoms with Gasteiger partial charge in [0, 0.05) is 62.9 Å². The summed E-state index contributed by atoms with van der Waals surface area (Å²) in [6, 6.07) is 16.3. The first-order valence-electron chi connectivity index (χ1n) is 7.93. The van der Waals surface area contributed by atoms with E-state index in [1.807, 2.05) is 30.6 Å². The van der Waals surface area contributed by atoms with Crippen LogP contribution in [0.1, 0.15) is 5.56 Å². The molecule has 2 aromatic carbocycles. The summed E-state index contributed by atoms with van der Waals surface area (Å²) in [5.74, 6) is 0. The molecule has 119 valence electrons. The van der Waals surface area contributed by atoms with Crippen LogP contribution in [0.2, 0.25) is 0 Å². The van der Waals surface area contributed by atoms with E-state index in [0.717, 1.165) is 26.2 Å². The fraction of sp³-hybridized carbons (Fsp3) is 0.316. The molecule has 1 heterocycles. The molecule has 3 rings (SSSR count). The number of carbonyl (C=O) groups excluding carboxylic acids is 1. The molecule has 23 heavy (non-hydrogen) atoms. The molecule has 0 aromatic heterocycles. The Morgan fingerprint density at radius 2 is 1.48 bits per heavy atom. The van der Waals surface area contributed by atoms with Gasteiger partial charge in [0.15, 0.2) is 0 Å². The smallest absolute Gasteiger partial charge is 0.233 e. The van der Waals surface area contributed by atoms with E-state index in [2.05, 4.69) is 53.1 Å². The van der Waals surface area contributed by atoms with Crippen LogP contribution in [-0.2, 0) is 4.79 Å². The highest BCUT2D eigenvalue weighted by Crippen LogP contribution is 2.24. The molecule has 0 unspecified atom stereocenters. The largest absolute Gasteiger partial charge is 0.378 e. The van der Waals surface area contributed by atoms with Gasteiger partial charge < -0.3 is 14.7 Å². The van der Waals surface area contributed by atoms with Gasteiger partial charge in [-0.15, -0.1) is 0 Å². The maximum Gasteiger partial charge on any atom is 0.233 e. The molecule has 1 saturated heterocycles. The van der Waals surface area contributed by atoms with Gasteiger partial charge in [0.25, 0.3) is 0 Å². The molecular weight excluding hydrogens is 286 g/mol. The van der Waals surface area contributed by atoms with Crippen LogP contribution >= 0.6 is 0 Å². The third-order valence-electron chi connectivity index (χ3n) is 4.34. The summed E-state index contributed by atoms with van der Waals surface area (Å²) in [5, 5.41) is 0. The summed E-state index contributed by atoms with van der Waals surface area (Å²) >= 11 is 0. The monoisotopic (exact) mass is 308 g/mol. The van der Waals surface area contributed by atoms with Crippen LogP contribution in [0, 0.1) is 0 Å². The lowest BCUT2D eigenvalue weighted by molar-refractivity contribution is 0.562. The lowest BCUT2D eigenvalue weighted by Gasteiger charge is -2.37. The Labute approximate surface area is 137 Å². The summed E-state index contributed by atoms with van der Waals surface area (Å²) in [7, 11) is 4.13. The summed E-state index contributed by atoms with van der Waals surface area (Å²) in [6.07, 6.45) is 1.92. The minimum Gasteiger partial charge on any atom is -0.378 e. The predicted octanol–water partition coefficient (Wildman–Crippen LogP) is 2.54. The Balaban J connectivity index is 1.65. The van der Waals surface area contributed by atoms with Gasteiger partial charge in [-0.25, -0.2) is 0 Å². The van der Waals surface area contributed by atoms with E-state index in [-0.39, 0.29) is 0 Å². The minimum absolute atomic E-state index is 0.605. The second-order valence-corrected chi connectivity index (χ2v) is 6.04. The van der Waals surface area contributed by atoms with E-state index in [0.29, 0.717) is 5.56 Å². The lowest BCUT2D eigenvalue weighted by Crippen LogP contribution is -2.46. The van der Waals surface area contributed by atoms with E-state index >= 15 is 0 Å². The van der Waals surface area contributed by atoms with E-state index in [1.54, 1.807) is 0 Å². The Morgan fingerprint density at radius 3 is 2.04 bits per heavy atom. The van der Waals surface area contributed by atoms with Crippen LogP contribution in [0.5, 0.6) is 0 Å². The topological polar surface area (TPSA) is 26.8 Å². The summed E-state index contributed by atoms with van der Waals surface area (Å²) < 4.78 is 0. The van der Waals surface area contributed by atoms with Gasteiger partial charge in [-0.3, -0.25) is 4.79 Å². The lowest BCUT2D eigenvalue weighted by atomic mass is 10.2. The number of hydrogen-bond acceptors (Lipinski definition) is 4. The fourth-order valence-electron chi connectivity index (χ4n) is 2.93. The Kier molecular flexibility index (Phi) is 4.51. The molecule has 2 aromatic rings. The van der Waals surface area contributed by atoms with Crippen molar-refractivity contribution in [1.82, 2.24) is 0 Å². The van der Waals surface area contributed by atoms with Crippen molar-refractivity contribution < 1.29 is 4.79 Å². The average molecular weight is 308 g/mol. The van der Waals surface area contributed by atoms with Gasteiger partial charge in [-0.1, -0.05) is 6.07 Å². The molecule has 1 fully saturated rings. The molecule has 0 saturated carbocycles. The SMILES string of the molecule is CN(C)c1cccc(N2CCN(c3ccc([C]=O)cc3)CC2)c1. The fourth-order valence-corrected chi connectivity index (χ4v) is 2.93. The van der Waals surface area contributed by atoms with Crippen molar-refractivity contribution in [2.45, 2.75) is 0 Å². The highest BCUT2D eigenvalue weighted by molar-refractivity contribution is 5.76. The highest BCUT2D eigenvalue weighted by Gasteiger charge is 2.17. The molecule has 4 nitrogen and oxygen atoms in total. The van der Waals surface area contributed by atoms with Crippen molar-refractivity contribution in [1.29, 1.82) is 0 Å². The minimum atomic E-state index is 0.605. The normalized spacial score (nSPS) is 14.7. The quantitative estimate of drug-likeness (QED) is 0.867. The molecule has 0 bridgehead atoms. The van der Waals surface area contributed by atoms with Crippen LogP contribution in [-0.4, -0.2) is 46.6 Å². The highest BCUT2D eigenvalue weighted by atomic mass is 16.1. The van der Waals surface area contributed by atoms with E-state index in [1.165, 1.54) is 17.1 Å². The van der Waals surface area contributed by atoms with Gasteiger partial charge in [-0.2, -0.15) is 0 Å². The third-order valence-corrected chi connectivity index (χ3v) is 4.34. The van der Waals surface area contributed by atoms with Crippen molar-refractivity contribution in [2.75, 3.05) is 55.0 Å². The first-order valence-corrected chi connectivity index (χ1v) is 7.93. The predicted molar refractivity (Wildman–Crippen MR) is 96.4 cm³/mol. The zero-order valence-corrected chi connectivity index (χ0v) is 13.7. The van der Waals surface area contributed by atoms with Crippen molar-refractivity contribution in [2.24, 2.45) is 0 Å². The number of hydrogen-bond donors (Lipinski definition) is 0.